The summed E-state index contributed by atoms with van der Waals surface area (Å²) in [4.78, 5) is 25.3. The van der Waals surface area contributed by atoms with E-state index in [0.29, 0.717) is 24.6 Å². The fraction of sp³-hybridized carbons (Fsp3) is 0.273. The van der Waals surface area contributed by atoms with Crippen molar-refractivity contribution < 1.29 is 9.53 Å². The molecule has 0 fully saturated rings. The van der Waals surface area contributed by atoms with Crippen LogP contribution in [0.15, 0.2) is 11.7 Å². The van der Waals surface area contributed by atoms with Crippen molar-refractivity contribution in [3.05, 3.63) is 28.7 Å². The van der Waals surface area contributed by atoms with Gasteiger partial charge in [0.1, 0.15) is 0 Å². The maximum Gasteiger partial charge on any atom is 0.357 e. The molecule has 3 rings (SSSR count). The van der Waals surface area contributed by atoms with Crippen LogP contribution in [0.3, 0.4) is 0 Å². The Morgan fingerprint density at radius 2 is 2.33 bits per heavy atom. The van der Waals surface area contributed by atoms with Gasteiger partial charge in [0.05, 0.1) is 23.2 Å². The molecule has 0 radical (unpaired) electrons. The molecule has 1 aliphatic rings. The quantitative estimate of drug-likeness (QED) is 0.813. The van der Waals surface area contributed by atoms with E-state index in [9.17, 15) is 4.79 Å². The van der Waals surface area contributed by atoms with Gasteiger partial charge in [0.15, 0.2) is 11.5 Å². The molecule has 0 aromatic carbocycles. The zero-order chi connectivity index (χ0) is 12.5. The third kappa shape index (κ3) is 1.77. The highest BCUT2D eigenvalue weighted by Gasteiger charge is 2.24. The number of hydrogen-bond acceptors (Lipinski definition) is 7. The Morgan fingerprint density at radius 1 is 1.44 bits per heavy atom. The van der Waals surface area contributed by atoms with Crippen LogP contribution < -0.4 is 5.32 Å². The van der Waals surface area contributed by atoms with E-state index < -0.39 is 5.97 Å². The van der Waals surface area contributed by atoms with Crippen molar-refractivity contribution in [3.8, 4) is 10.7 Å². The van der Waals surface area contributed by atoms with Crippen molar-refractivity contribution in [2.45, 2.75) is 13.1 Å². The summed E-state index contributed by atoms with van der Waals surface area (Å²) in [5, 5.41) is 3.16. The molecule has 0 saturated carbocycles. The standard InChI is InChI=1S/C11H10N4O2S/c1-17-11(16)9-6-2-12-3-7(6)14-10(15-9)8-4-13-5-18-8/h4-5,12H,2-3H2,1H3. The highest BCUT2D eigenvalue weighted by Crippen LogP contribution is 2.24. The van der Waals surface area contributed by atoms with Gasteiger partial charge in [0.2, 0.25) is 0 Å². The second-order valence-corrected chi connectivity index (χ2v) is 4.67. The van der Waals surface area contributed by atoms with Crippen molar-refractivity contribution in [2.75, 3.05) is 7.11 Å². The van der Waals surface area contributed by atoms with Gasteiger partial charge in [-0.25, -0.2) is 14.8 Å². The fourth-order valence-electron chi connectivity index (χ4n) is 1.87. The van der Waals surface area contributed by atoms with Crippen LogP contribution in [0.5, 0.6) is 0 Å². The normalized spacial score (nSPS) is 13.4. The molecule has 0 saturated heterocycles. The molecule has 18 heavy (non-hydrogen) atoms. The number of nitrogens with one attached hydrogen (secondary N) is 1. The number of nitrogens with zero attached hydrogens (tertiary/aromatic N) is 3. The Hall–Kier alpha value is -1.86. The van der Waals surface area contributed by atoms with Gasteiger partial charge in [0, 0.05) is 24.8 Å². The first kappa shape index (κ1) is 11.2. The van der Waals surface area contributed by atoms with Gasteiger partial charge < -0.3 is 10.1 Å². The summed E-state index contributed by atoms with van der Waals surface area (Å²) in [6.45, 7) is 1.25. The van der Waals surface area contributed by atoms with E-state index in [1.807, 2.05) is 0 Å². The molecule has 1 aliphatic heterocycles. The highest BCUT2D eigenvalue weighted by molar-refractivity contribution is 7.13. The molecule has 2 aromatic rings. The predicted octanol–water partition coefficient (Wildman–Crippen LogP) is 0.990. The summed E-state index contributed by atoms with van der Waals surface area (Å²) in [6, 6.07) is 0. The van der Waals surface area contributed by atoms with Gasteiger partial charge in [-0.1, -0.05) is 0 Å². The van der Waals surface area contributed by atoms with Crippen LogP contribution in [0.25, 0.3) is 10.7 Å². The zero-order valence-electron chi connectivity index (χ0n) is 9.64. The third-order valence-corrected chi connectivity index (χ3v) is 3.49. The summed E-state index contributed by atoms with van der Waals surface area (Å²) >= 11 is 1.44. The molecule has 1 N–H and O–H groups in total. The van der Waals surface area contributed by atoms with Crippen LogP contribution in [-0.2, 0) is 17.8 Å². The second-order valence-electron chi connectivity index (χ2n) is 3.78. The number of thiazole rings is 1. The average Bonchev–Trinajstić information content (AvgIpc) is 3.06. The van der Waals surface area contributed by atoms with Crippen molar-refractivity contribution in [2.24, 2.45) is 0 Å². The number of rotatable bonds is 2. The molecular weight excluding hydrogens is 252 g/mol. The summed E-state index contributed by atoms with van der Waals surface area (Å²) in [7, 11) is 1.35. The zero-order valence-corrected chi connectivity index (χ0v) is 10.5. The summed E-state index contributed by atoms with van der Waals surface area (Å²) < 4.78 is 4.76. The van der Waals surface area contributed by atoms with Crippen LogP contribution in [0, 0.1) is 0 Å². The Balaban J connectivity index is 2.16. The molecule has 7 heteroatoms. The van der Waals surface area contributed by atoms with E-state index in [4.69, 9.17) is 4.74 Å². The van der Waals surface area contributed by atoms with E-state index in [0.717, 1.165) is 16.1 Å². The lowest BCUT2D eigenvalue weighted by molar-refractivity contribution is 0.0592. The highest BCUT2D eigenvalue weighted by atomic mass is 32.1. The number of aromatic nitrogens is 3. The molecule has 0 spiro atoms. The molecular formula is C11H10N4O2S. The molecule has 0 aliphatic carbocycles. The monoisotopic (exact) mass is 262 g/mol. The third-order valence-electron chi connectivity index (χ3n) is 2.72. The van der Waals surface area contributed by atoms with E-state index in [1.54, 1.807) is 11.7 Å². The Morgan fingerprint density at radius 3 is 3.06 bits per heavy atom. The second kappa shape index (κ2) is 4.43. The number of hydrogen-bond donors (Lipinski definition) is 1. The summed E-state index contributed by atoms with van der Waals surface area (Å²) in [5.41, 5.74) is 3.74. The lowest BCUT2D eigenvalue weighted by Crippen LogP contribution is -2.11. The van der Waals surface area contributed by atoms with E-state index in [1.165, 1.54) is 18.4 Å². The number of fused-ring (bicyclic) bond motifs is 1. The minimum atomic E-state index is -0.428. The lowest BCUT2D eigenvalue weighted by Gasteiger charge is -2.06. The van der Waals surface area contributed by atoms with Crippen molar-refractivity contribution in [1.82, 2.24) is 20.3 Å². The smallest absolute Gasteiger partial charge is 0.357 e. The van der Waals surface area contributed by atoms with Crippen molar-refractivity contribution >= 4 is 17.3 Å². The first-order valence-corrected chi connectivity index (χ1v) is 6.25. The van der Waals surface area contributed by atoms with Crippen LogP contribution in [0.1, 0.15) is 21.7 Å². The molecule has 6 nitrogen and oxygen atoms in total. The maximum atomic E-state index is 11.7. The average molecular weight is 262 g/mol. The molecule has 3 heterocycles. The number of carbonyl (C=O) groups excluding carboxylic acids is 1. The maximum absolute atomic E-state index is 11.7. The minimum Gasteiger partial charge on any atom is -0.464 e. The van der Waals surface area contributed by atoms with Gasteiger partial charge in [-0.05, 0) is 0 Å². The van der Waals surface area contributed by atoms with Crippen LogP contribution >= 0.6 is 11.3 Å². The number of esters is 1. The van der Waals surface area contributed by atoms with Crippen molar-refractivity contribution in [3.63, 3.8) is 0 Å². The summed E-state index contributed by atoms with van der Waals surface area (Å²) in [6.07, 6.45) is 1.69. The van der Waals surface area contributed by atoms with Crippen LogP contribution in [-0.4, -0.2) is 28.0 Å². The predicted molar refractivity (Wildman–Crippen MR) is 65.0 cm³/mol. The van der Waals surface area contributed by atoms with Gasteiger partial charge >= 0.3 is 5.97 Å². The number of methoxy groups -OCH3 is 1. The van der Waals surface area contributed by atoms with E-state index >= 15 is 0 Å². The van der Waals surface area contributed by atoms with Crippen LogP contribution in [0.2, 0.25) is 0 Å². The molecule has 0 bridgehead atoms. The molecule has 2 aromatic heterocycles. The number of ether oxygens (including phenoxy) is 1. The largest absolute Gasteiger partial charge is 0.464 e. The topological polar surface area (TPSA) is 77.0 Å². The lowest BCUT2D eigenvalue weighted by atomic mass is 10.2. The van der Waals surface area contributed by atoms with Crippen molar-refractivity contribution in [1.29, 1.82) is 0 Å². The molecule has 0 atom stereocenters. The first-order valence-electron chi connectivity index (χ1n) is 5.37. The van der Waals surface area contributed by atoms with Gasteiger partial charge in [0.25, 0.3) is 0 Å². The Kier molecular flexibility index (Phi) is 2.77. The van der Waals surface area contributed by atoms with E-state index in [-0.39, 0.29) is 0 Å². The molecule has 92 valence electrons. The molecule has 0 amide bonds. The van der Waals surface area contributed by atoms with Gasteiger partial charge in [-0.2, -0.15) is 0 Å². The Labute approximate surface area is 107 Å². The number of carbonyl (C=O) groups is 1. The van der Waals surface area contributed by atoms with Gasteiger partial charge in [-0.3, -0.25) is 4.98 Å². The van der Waals surface area contributed by atoms with E-state index in [2.05, 4.69) is 20.3 Å². The van der Waals surface area contributed by atoms with Crippen LogP contribution in [0.4, 0.5) is 0 Å². The molecule has 0 unspecified atom stereocenters. The Bertz CT molecular complexity index is 597. The SMILES string of the molecule is COC(=O)c1nc(-c2cncs2)nc2c1CNC2. The van der Waals surface area contributed by atoms with Gasteiger partial charge in [-0.15, -0.1) is 11.3 Å². The first-order chi connectivity index (χ1) is 8.79. The summed E-state index contributed by atoms with van der Waals surface area (Å²) in [5.74, 6) is 0.100. The fourth-order valence-corrected chi connectivity index (χ4v) is 2.42. The minimum absolute atomic E-state index is 0.343.